The molecule has 1 aliphatic heterocycles. The van der Waals surface area contributed by atoms with E-state index in [1.165, 1.54) is 26.1 Å². The van der Waals surface area contributed by atoms with Crippen molar-refractivity contribution in [3.05, 3.63) is 24.3 Å². The van der Waals surface area contributed by atoms with Crippen molar-refractivity contribution >= 4 is 0 Å². The Morgan fingerprint density at radius 1 is 1.19 bits per heavy atom. The molecule has 4 nitrogen and oxygen atoms in total. The maximum atomic E-state index is 5.80. The minimum absolute atomic E-state index is 0.661. The van der Waals surface area contributed by atoms with Crippen LogP contribution in [0.25, 0.3) is 0 Å². The fourth-order valence-corrected chi connectivity index (χ4v) is 2.75. The molecule has 0 aliphatic carbocycles. The molecule has 1 unspecified atom stereocenters. The van der Waals surface area contributed by atoms with Crippen LogP contribution in [0.15, 0.2) is 24.3 Å². The molecule has 21 heavy (non-hydrogen) atoms. The minimum atomic E-state index is 0.661. The zero-order valence-corrected chi connectivity index (χ0v) is 13.3. The molecule has 1 aliphatic rings. The lowest BCUT2D eigenvalue weighted by molar-refractivity contribution is 0.273. The van der Waals surface area contributed by atoms with Crippen molar-refractivity contribution < 1.29 is 9.47 Å². The van der Waals surface area contributed by atoms with Crippen LogP contribution in [0.1, 0.15) is 20.3 Å². The van der Waals surface area contributed by atoms with Gasteiger partial charge in [0.05, 0.1) is 6.61 Å². The van der Waals surface area contributed by atoms with Crippen LogP contribution < -0.4 is 14.8 Å². The normalized spacial score (nSPS) is 18.9. The maximum absolute atomic E-state index is 5.80. The molecular weight excluding hydrogens is 264 g/mol. The second-order valence-electron chi connectivity index (χ2n) is 5.48. The number of hydrogen-bond donors (Lipinski definition) is 1. The Bertz CT molecular complexity index is 412. The van der Waals surface area contributed by atoms with Gasteiger partial charge in [0.2, 0.25) is 0 Å². The van der Waals surface area contributed by atoms with E-state index in [0.29, 0.717) is 13.2 Å². The van der Waals surface area contributed by atoms with Gasteiger partial charge < -0.3 is 19.7 Å². The van der Waals surface area contributed by atoms with Gasteiger partial charge >= 0.3 is 0 Å². The van der Waals surface area contributed by atoms with Crippen molar-refractivity contribution in [2.24, 2.45) is 5.92 Å². The molecule has 0 spiro atoms. The van der Waals surface area contributed by atoms with Crippen LogP contribution in [0.5, 0.6) is 11.5 Å². The average molecular weight is 292 g/mol. The smallest absolute Gasteiger partial charge is 0.161 e. The fourth-order valence-electron chi connectivity index (χ4n) is 2.75. The number of nitrogens with zero attached hydrogens (tertiary/aromatic N) is 1. The van der Waals surface area contributed by atoms with Gasteiger partial charge in [-0.05, 0) is 51.0 Å². The number of para-hydroxylation sites is 2. The highest BCUT2D eigenvalue weighted by Gasteiger charge is 2.20. The lowest BCUT2D eigenvalue weighted by Gasteiger charge is -2.14. The zero-order chi connectivity index (χ0) is 14.9. The Kier molecular flexibility index (Phi) is 6.83. The molecule has 118 valence electrons. The fraction of sp³-hybridized carbons (Fsp3) is 0.647. The van der Waals surface area contributed by atoms with Crippen LogP contribution in [0.2, 0.25) is 0 Å². The monoisotopic (exact) mass is 292 g/mol. The summed E-state index contributed by atoms with van der Waals surface area (Å²) in [5, 5.41) is 3.50. The van der Waals surface area contributed by atoms with Crippen molar-refractivity contribution in [2.45, 2.75) is 20.3 Å². The molecule has 1 atom stereocenters. The summed E-state index contributed by atoms with van der Waals surface area (Å²) in [6.07, 6.45) is 1.31. The number of likely N-dealkylation sites (tertiary alicyclic amines) is 1. The van der Waals surface area contributed by atoms with E-state index in [0.717, 1.165) is 30.5 Å². The van der Waals surface area contributed by atoms with Gasteiger partial charge in [0, 0.05) is 13.1 Å². The number of hydrogen-bond acceptors (Lipinski definition) is 4. The number of rotatable bonds is 9. The number of benzene rings is 1. The molecule has 0 aromatic heterocycles. The van der Waals surface area contributed by atoms with Crippen molar-refractivity contribution in [1.82, 2.24) is 10.2 Å². The minimum Gasteiger partial charge on any atom is -0.490 e. The first kappa shape index (κ1) is 16.1. The Morgan fingerprint density at radius 2 is 1.95 bits per heavy atom. The summed E-state index contributed by atoms with van der Waals surface area (Å²) < 4.78 is 11.3. The molecule has 0 bridgehead atoms. The molecule has 1 aromatic carbocycles. The summed E-state index contributed by atoms with van der Waals surface area (Å²) in [7, 11) is 0. The third kappa shape index (κ3) is 5.21. The van der Waals surface area contributed by atoms with Crippen LogP contribution in [-0.4, -0.2) is 50.8 Å². The summed E-state index contributed by atoms with van der Waals surface area (Å²) >= 11 is 0. The largest absolute Gasteiger partial charge is 0.490 e. The summed E-state index contributed by atoms with van der Waals surface area (Å²) in [6, 6.07) is 7.85. The van der Waals surface area contributed by atoms with Crippen LogP contribution in [0, 0.1) is 5.92 Å². The first-order chi connectivity index (χ1) is 10.3. The molecule has 1 heterocycles. The third-order valence-electron chi connectivity index (χ3n) is 3.94. The van der Waals surface area contributed by atoms with Gasteiger partial charge in [-0.25, -0.2) is 0 Å². The molecule has 0 saturated carbocycles. The van der Waals surface area contributed by atoms with Crippen LogP contribution in [0.4, 0.5) is 0 Å². The van der Waals surface area contributed by atoms with Gasteiger partial charge in [-0.15, -0.1) is 0 Å². The van der Waals surface area contributed by atoms with Gasteiger partial charge in [0.1, 0.15) is 6.61 Å². The Labute approximate surface area is 128 Å². The Balaban J connectivity index is 1.62. The predicted molar refractivity (Wildman–Crippen MR) is 86.2 cm³/mol. The van der Waals surface area contributed by atoms with Crippen molar-refractivity contribution in [2.75, 3.05) is 45.9 Å². The second kappa shape index (κ2) is 8.90. The van der Waals surface area contributed by atoms with Gasteiger partial charge in [-0.1, -0.05) is 19.1 Å². The lowest BCUT2D eigenvalue weighted by atomic mass is 10.1. The molecule has 0 amide bonds. The van der Waals surface area contributed by atoms with Crippen molar-refractivity contribution in [3.63, 3.8) is 0 Å². The highest BCUT2D eigenvalue weighted by Crippen LogP contribution is 2.26. The van der Waals surface area contributed by atoms with E-state index >= 15 is 0 Å². The average Bonchev–Trinajstić information content (AvgIpc) is 2.97. The van der Waals surface area contributed by atoms with Crippen LogP contribution in [-0.2, 0) is 0 Å². The van der Waals surface area contributed by atoms with Crippen molar-refractivity contribution in [3.8, 4) is 11.5 Å². The van der Waals surface area contributed by atoms with Gasteiger partial charge in [-0.3, -0.25) is 0 Å². The molecule has 0 radical (unpaired) electrons. The van der Waals surface area contributed by atoms with E-state index in [4.69, 9.17) is 9.47 Å². The van der Waals surface area contributed by atoms with Crippen LogP contribution in [0.3, 0.4) is 0 Å². The number of ether oxygens (including phenoxy) is 2. The molecule has 1 fully saturated rings. The first-order valence-electron chi connectivity index (χ1n) is 8.11. The standard InChI is InChI=1S/C17H28N2O2/c1-3-19-11-9-15(14-19)13-18-10-12-21-17-8-6-5-7-16(17)20-4-2/h5-8,15,18H,3-4,9-14H2,1-2H3. The van der Waals surface area contributed by atoms with E-state index < -0.39 is 0 Å². The van der Waals surface area contributed by atoms with Gasteiger partial charge in [-0.2, -0.15) is 0 Å². The van der Waals surface area contributed by atoms with Crippen LogP contribution >= 0.6 is 0 Å². The van der Waals surface area contributed by atoms with Gasteiger partial charge in [0.25, 0.3) is 0 Å². The van der Waals surface area contributed by atoms with E-state index in [2.05, 4.69) is 17.1 Å². The first-order valence-corrected chi connectivity index (χ1v) is 8.11. The second-order valence-corrected chi connectivity index (χ2v) is 5.48. The molecular formula is C17H28N2O2. The molecule has 1 aromatic rings. The topological polar surface area (TPSA) is 33.7 Å². The molecule has 2 rings (SSSR count). The third-order valence-corrected chi connectivity index (χ3v) is 3.94. The van der Waals surface area contributed by atoms with E-state index in [-0.39, 0.29) is 0 Å². The van der Waals surface area contributed by atoms with E-state index in [1.807, 2.05) is 31.2 Å². The highest BCUT2D eigenvalue weighted by molar-refractivity contribution is 5.39. The Morgan fingerprint density at radius 3 is 2.62 bits per heavy atom. The Hall–Kier alpha value is -1.26. The van der Waals surface area contributed by atoms with Gasteiger partial charge in [0.15, 0.2) is 11.5 Å². The predicted octanol–water partition coefficient (Wildman–Crippen LogP) is 2.40. The molecule has 1 N–H and O–H groups in total. The van der Waals surface area contributed by atoms with E-state index in [9.17, 15) is 0 Å². The summed E-state index contributed by atoms with van der Waals surface area (Å²) in [4.78, 5) is 2.52. The lowest BCUT2D eigenvalue weighted by Crippen LogP contribution is -2.29. The quantitative estimate of drug-likeness (QED) is 0.709. The molecule has 1 saturated heterocycles. The SMILES string of the molecule is CCOc1ccccc1OCCNCC1CCN(CC)C1. The summed E-state index contributed by atoms with van der Waals surface area (Å²) in [5.74, 6) is 2.45. The maximum Gasteiger partial charge on any atom is 0.161 e. The summed E-state index contributed by atoms with van der Waals surface area (Å²) in [6.45, 7) is 11.2. The highest BCUT2D eigenvalue weighted by atomic mass is 16.5. The van der Waals surface area contributed by atoms with Crippen molar-refractivity contribution in [1.29, 1.82) is 0 Å². The van der Waals surface area contributed by atoms with E-state index in [1.54, 1.807) is 0 Å². The number of nitrogens with one attached hydrogen (secondary N) is 1. The zero-order valence-electron chi connectivity index (χ0n) is 13.3. The molecule has 4 heteroatoms. The summed E-state index contributed by atoms with van der Waals surface area (Å²) in [5.41, 5.74) is 0.